The molecule has 2 aromatic carbocycles. The van der Waals surface area contributed by atoms with E-state index in [1.807, 2.05) is 36.4 Å². The normalized spacial score (nSPS) is 12.5. The maximum atomic E-state index is 12.4. The predicted octanol–water partition coefficient (Wildman–Crippen LogP) is 3.27. The summed E-state index contributed by atoms with van der Waals surface area (Å²) in [6.07, 6.45) is 0. The number of hydrogen-bond donors (Lipinski definition) is 2. The third-order valence-electron chi connectivity index (χ3n) is 4.60. The van der Waals surface area contributed by atoms with Gasteiger partial charge in [-0.2, -0.15) is 0 Å². The zero-order valence-electron chi connectivity index (χ0n) is 14.2. The number of carbonyl (C=O) groups is 2. The summed E-state index contributed by atoms with van der Waals surface area (Å²) in [4.78, 5) is 27.8. The highest BCUT2D eigenvalue weighted by molar-refractivity contribution is 7.13. The fraction of sp³-hybridized carbons (Fsp3) is 0.150. The lowest BCUT2D eigenvalue weighted by Crippen LogP contribution is -2.13. The number of aromatic nitrogens is 1. The molecule has 0 saturated heterocycles. The van der Waals surface area contributed by atoms with E-state index in [-0.39, 0.29) is 29.8 Å². The summed E-state index contributed by atoms with van der Waals surface area (Å²) < 4.78 is 5.49. The van der Waals surface area contributed by atoms with Gasteiger partial charge in [0.25, 0.3) is 0 Å². The van der Waals surface area contributed by atoms with Crippen LogP contribution in [0.2, 0.25) is 0 Å². The Morgan fingerprint density at radius 1 is 1.07 bits per heavy atom. The van der Waals surface area contributed by atoms with E-state index in [2.05, 4.69) is 17.1 Å². The summed E-state index contributed by atoms with van der Waals surface area (Å²) >= 11 is 0.958. The van der Waals surface area contributed by atoms with Gasteiger partial charge in [0.2, 0.25) is 5.01 Å². The second-order valence-electron chi connectivity index (χ2n) is 6.13. The molecule has 1 aliphatic carbocycles. The molecule has 1 aliphatic rings. The molecule has 0 unspecified atom stereocenters. The van der Waals surface area contributed by atoms with Crippen LogP contribution in [0, 0.1) is 0 Å². The van der Waals surface area contributed by atoms with Crippen molar-refractivity contribution in [1.82, 2.24) is 4.98 Å². The van der Waals surface area contributed by atoms with Crippen LogP contribution in [-0.2, 0) is 11.3 Å². The molecule has 6 nitrogen and oxygen atoms in total. The lowest BCUT2D eigenvalue weighted by atomic mass is 9.98. The Morgan fingerprint density at radius 2 is 1.67 bits per heavy atom. The summed E-state index contributed by atoms with van der Waals surface area (Å²) in [6, 6.07) is 16.1. The van der Waals surface area contributed by atoms with Gasteiger partial charge in [-0.05, 0) is 22.3 Å². The fourth-order valence-electron chi connectivity index (χ4n) is 3.40. The standard InChI is InChI=1S/C20H16N2O4S/c21-9-16-17(19(23)24)22-18(27-16)20(25)26-10-15-13-7-3-1-5-11(13)12-6-2-4-8-14(12)15/h1-8,15H,9-10,21H2,(H,23,24). The van der Waals surface area contributed by atoms with Gasteiger partial charge in [0.1, 0.15) is 6.61 Å². The van der Waals surface area contributed by atoms with E-state index >= 15 is 0 Å². The second-order valence-corrected chi connectivity index (χ2v) is 7.21. The maximum Gasteiger partial charge on any atom is 0.367 e. The van der Waals surface area contributed by atoms with Gasteiger partial charge in [-0.15, -0.1) is 11.3 Å². The van der Waals surface area contributed by atoms with Gasteiger partial charge < -0.3 is 15.6 Å². The highest BCUT2D eigenvalue weighted by Gasteiger charge is 2.30. The van der Waals surface area contributed by atoms with E-state index in [0.717, 1.165) is 33.6 Å². The van der Waals surface area contributed by atoms with Crippen LogP contribution in [0.1, 0.15) is 42.2 Å². The summed E-state index contributed by atoms with van der Waals surface area (Å²) in [6.45, 7) is 0.169. The van der Waals surface area contributed by atoms with Crippen molar-refractivity contribution in [3.05, 3.63) is 75.2 Å². The number of carboxylic acid groups (broad SMARTS) is 1. The van der Waals surface area contributed by atoms with Crippen molar-refractivity contribution >= 4 is 23.3 Å². The highest BCUT2D eigenvalue weighted by Crippen LogP contribution is 2.44. The molecule has 3 N–H and O–H groups in total. The Balaban J connectivity index is 1.57. The monoisotopic (exact) mass is 380 g/mol. The zero-order chi connectivity index (χ0) is 19.0. The summed E-state index contributed by atoms with van der Waals surface area (Å²) in [5, 5.41) is 9.16. The highest BCUT2D eigenvalue weighted by atomic mass is 32.1. The minimum absolute atomic E-state index is 0.00687. The van der Waals surface area contributed by atoms with Gasteiger partial charge in [-0.3, -0.25) is 0 Å². The Hall–Kier alpha value is -3.03. The van der Waals surface area contributed by atoms with Crippen LogP contribution in [0.25, 0.3) is 11.1 Å². The number of carboxylic acids is 1. The first-order valence-corrected chi connectivity index (χ1v) is 9.20. The number of aromatic carboxylic acids is 1. The minimum Gasteiger partial charge on any atom is -0.476 e. The van der Waals surface area contributed by atoms with Crippen LogP contribution < -0.4 is 5.73 Å². The summed E-state index contributed by atoms with van der Waals surface area (Å²) in [5.74, 6) is -1.90. The third kappa shape index (κ3) is 3.01. The first kappa shape index (κ1) is 17.4. The van der Waals surface area contributed by atoms with Crippen molar-refractivity contribution in [3.63, 3.8) is 0 Å². The van der Waals surface area contributed by atoms with Gasteiger partial charge >= 0.3 is 11.9 Å². The molecule has 1 heterocycles. The van der Waals surface area contributed by atoms with Crippen LogP contribution in [-0.4, -0.2) is 28.6 Å². The number of nitrogens with two attached hydrogens (primary N) is 1. The van der Waals surface area contributed by atoms with Gasteiger partial charge in [-0.1, -0.05) is 48.5 Å². The van der Waals surface area contributed by atoms with Crippen molar-refractivity contribution < 1.29 is 19.4 Å². The average Bonchev–Trinajstić information content (AvgIpc) is 3.26. The molecule has 0 aliphatic heterocycles. The van der Waals surface area contributed by atoms with Crippen molar-refractivity contribution in [3.8, 4) is 11.1 Å². The van der Waals surface area contributed by atoms with Gasteiger partial charge in [0.15, 0.2) is 5.69 Å². The molecule has 3 aromatic rings. The smallest absolute Gasteiger partial charge is 0.367 e. The molecule has 136 valence electrons. The number of rotatable bonds is 5. The van der Waals surface area contributed by atoms with Crippen LogP contribution in [0.4, 0.5) is 0 Å². The van der Waals surface area contributed by atoms with Crippen LogP contribution >= 0.6 is 11.3 Å². The summed E-state index contributed by atoms with van der Waals surface area (Å²) in [5.41, 5.74) is 9.85. The molecule has 0 radical (unpaired) electrons. The summed E-state index contributed by atoms with van der Waals surface area (Å²) in [7, 11) is 0. The van der Waals surface area contributed by atoms with E-state index in [0.29, 0.717) is 4.88 Å². The van der Waals surface area contributed by atoms with Crippen LogP contribution in [0.3, 0.4) is 0 Å². The van der Waals surface area contributed by atoms with Gasteiger partial charge in [0.05, 0.1) is 4.88 Å². The Morgan fingerprint density at radius 3 is 2.19 bits per heavy atom. The van der Waals surface area contributed by atoms with Crippen molar-refractivity contribution in [1.29, 1.82) is 0 Å². The molecule has 7 heteroatoms. The van der Waals surface area contributed by atoms with Crippen molar-refractivity contribution in [2.24, 2.45) is 5.73 Å². The van der Waals surface area contributed by atoms with Crippen LogP contribution in [0.5, 0.6) is 0 Å². The average molecular weight is 380 g/mol. The minimum atomic E-state index is -1.20. The number of hydrogen-bond acceptors (Lipinski definition) is 6. The largest absolute Gasteiger partial charge is 0.476 e. The number of fused-ring (bicyclic) bond motifs is 3. The fourth-order valence-corrected chi connectivity index (χ4v) is 4.23. The van der Waals surface area contributed by atoms with E-state index in [9.17, 15) is 9.59 Å². The Labute approximate surface area is 159 Å². The van der Waals surface area contributed by atoms with Crippen molar-refractivity contribution in [2.45, 2.75) is 12.5 Å². The molecular weight excluding hydrogens is 364 g/mol. The number of carbonyl (C=O) groups excluding carboxylic acids is 1. The van der Waals surface area contributed by atoms with E-state index in [1.165, 1.54) is 0 Å². The number of nitrogens with zero attached hydrogens (tertiary/aromatic N) is 1. The number of ether oxygens (including phenoxy) is 1. The molecule has 0 spiro atoms. The first-order valence-electron chi connectivity index (χ1n) is 8.38. The van der Waals surface area contributed by atoms with Crippen molar-refractivity contribution in [2.75, 3.05) is 6.61 Å². The third-order valence-corrected chi connectivity index (χ3v) is 5.66. The van der Waals surface area contributed by atoms with Crippen LogP contribution in [0.15, 0.2) is 48.5 Å². The quantitative estimate of drug-likeness (QED) is 0.659. The zero-order valence-corrected chi connectivity index (χ0v) is 15.0. The van der Waals surface area contributed by atoms with E-state index in [4.69, 9.17) is 15.6 Å². The lowest BCUT2D eigenvalue weighted by molar-refractivity contribution is 0.0493. The number of benzene rings is 2. The van der Waals surface area contributed by atoms with Gasteiger partial charge in [-0.25, -0.2) is 14.6 Å². The Bertz CT molecular complexity index is 998. The molecule has 0 fully saturated rings. The van der Waals surface area contributed by atoms with E-state index < -0.39 is 11.9 Å². The molecule has 4 rings (SSSR count). The molecule has 1 aromatic heterocycles. The van der Waals surface area contributed by atoms with Gasteiger partial charge in [0, 0.05) is 12.5 Å². The molecule has 0 atom stereocenters. The second kappa shape index (κ2) is 6.94. The SMILES string of the molecule is NCc1sc(C(=O)OCC2c3ccccc3-c3ccccc32)nc1C(=O)O. The molecule has 0 bridgehead atoms. The topological polar surface area (TPSA) is 103 Å². The maximum absolute atomic E-state index is 12.4. The lowest BCUT2D eigenvalue weighted by Gasteiger charge is -2.13. The first-order chi connectivity index (χ1) is 13.1. The number of esters is 1. The number of thiazole rings is 1. The molecule has 27 heavy (non-hydrogen) atoms. The Kier molecular flexibility index (Phi) is 4.47. The predicted molar refractivity (Wildman–Crippen MR) is 101 cm³/mol. The molecule has 0 saturated carbocycles. The van der Waals surface area contributed by atoms with E-state index in [1.54, 1.807) is 0 Å². The molecule has 0 amide bonds. The molecular formula is C20H16N2O4S.